The highest BCUT2D eigenvalue weighted by Crippen LogP contribution is 2.24. The van der Waals surface area contributed by atoms with Crippen molar-refractivity contribution in [3.63, 3.8) is 0 Å². The predicted molar refractivity (Wildman–Crippen MR) is 101 cm³/mol. The zero-order chi connectivity index (χ0) is 19.1. The smallest absolute Gasteiger partial charge is 0.270 e. The Kier molecular flexibility index (Phi) is 6.97. The topological polar surface area (TPSA) is 89.6 Å². The van der Waals surface area contributed by atoms with E-state index in [1.807, 2.05) is 0 Å². The van der Waals surface area contributed by atoms with Gasteiger partial charge in [-0.15, -0.1) is 11.3 Å². The molecule has 0 fully saturated rings. The zero-order valence-corrected chi connectivity index (χ0v) is 16.1. The second kappa shape index (κ2) is 9.19. The molecule has 140 valence electrons. The Balaban J connectivity index is 2.02. The van der Waals surface area contributed by atoms with Gasteiger partial charge < -0.3 is 14.8 Å². The van der Waals surface area contributed by atoms with Crippen molar-refractivity contribution in [3.8, 4) is 11.5 Å². The lowest BCUT2D eigenvalue weighted by Crippen LogP contribution is -2.25. The number of carbonyl (C=O) groups excluding carboxylic acids is 2. The van der Waals surface area contributed by atoms with E-state index < -0.39 is 0 Å². The molecule has 26 heavy (non-hydrogen) atoms. The summed E-state index contributed by atoms with van der Waals surface area (Å²) >= 11 is 1.19. The van der Waals surface area contributed by atoms with Gasteiger partial charge >= 0.3 is 0 Å². The molecule has 0 bridgehead atoms. The van der Waals surface area contributed by atoms with Crippen LogP contribution in [0.1, 0.15) is 41.1 Å². The fourth-order valence-electron chi connectivity index (χ4n) is 2.11. The van der Waals surface area contributed by atoms with E-state index >= 15 is 0 Å². The molecule has 0 aliphatic rings. The van der Waals surface area contributed by atoms with Gasteiger partial charge in [0, 0.05) is 23.6 Å². The minimum Gasteiger partial charge on any atom is -0.497 e. The summed E-state index contributed by atoms with van der Waals surface area (Å²) in [6, 6.07) is 4.88. The monoisotopic (exact) mass is 377 g/mol. The first-order valence-corrected chi connectivity index (χ1v) is 9.09. The first-order valence-electron chi connectivity index (χ1n) is 8.21. The second-order valence-electron chi connectivity index (χ2n) is 6.03. The van der Waals surface area contributed by atoms with Crippen LogP contribution < -0.4 is 20.1 Å². The maximum atomic E-state index is 12.4. The summed E-state index contributed by atoms with van der Waals surface area (Å²) < 4.78 is 10.3. The van der Waals surface area contributed by atoms with Gasteiger partial charge in [0.15, 0.2) is 5.13 Å². The van der Waals surface area contributed by atoms with E-state index in [1.165, 1.54) is 25.6 Å². The van der Waals surface area contributed by atoms with Crippen LogP contribution in [-0.4, -0.2) is 37.6 Å². The summed E-state index contributed by atoms with van der Waals surface area (Å²) in [5, 5.41) is 7.48. The third-order valence-corrected chi connectivity index (χ3v) is 4.34. The number of rotatable bonds is 8. The van der Waals surface area contributed by atoms with E-state index in [1.54, 1.807) is 23.6 Å². The van der Waals surface area contributed by atoms with Crippen molar-refractivity contribution in [2.24, 2.45) is 5.92 Å². The fourth-order valence-corrected chi connectivity index (χ4v) is 2.79. The quantitative estimate of drug-likeness (QED) is 0.737. The number of hydrogen-bond acceptors (Lipinski definition) is 6. The summed E-state index contributed by atoms with van der Waals surface area (Å²) in [6.45, 7) is 4.78. The summed E-state index contributed by atoms with van der Waals surface area (Å²) in [7, 11) is 3.03. The Morgan fingerprint density at radius 1 is 1.12 bits per heavy atom. The fraction of sp³-hybridized carbons (Fsp3) is 0.389. The number of nitrogens with zero attached hydrogens (tertiary/aromatic N) is 1. The van der Waals surface area contributed by atoms with Crippen molar-refractivity contribution in [2.45, 2.75) is 20.3 Å². The summed E-state index contributed by atoms with van der Waals surface area (Å²) in [6.07, 6.45) is 0.900. The number of amides is 2. The van der Waals surface area contributed by atoms with Gasteiger partial charge in [0.05, 0.1) is 14.2 Å². The van der Waals surface area contributed by atoms with Crippen LogP contribution in [0.4, 0.5) is 5.13 Å². The number of benzene rings is 1. The Morgan fingerprint density at radius 3 is 2.35 bits per heavy atom. The molecule has 2 N–H and O–H groups in total. The molecule has 7 nitrogen and oxygen atoms in total. The van der Waals surface area contributed by atoms with Gasteiger partial charge in [0.2, 0.25) is 0 Å². The van der Waals surface area contributed by atoms with E-state index in [2.05, 4.69) is 29.5 Å². The van der Waals surface area contributed by atoms with Gasteiger partial charge in [-0.05, 0) is 24.5 Å². The maximum Gasteiger partial charge on any atom is 0.270 e. The molecule has 0 saturated heterocycles. The van der Waals surface area contributed by atoms with Gasteiger partial charge in [0.25, 0.3) is 11.8 Å². The number of hydrogen-bond donors (Lipinski definition) is 2. The third kappa shape index (κ3) is 5.45. The highest BCUT2D eigenvalue weighted by Gasteiger charge is 2.15. The molecule has 2 amide bonds. The van der Waals surface area contributed by atoms with Crippen molar-refractivity contribution in [3.05, 3.63) is 34.8 Å². The van der Waals surface area contributed by atoms with Crippen LogP contribution in [0, 0.1) is 5.92 Å². The number of methoxy groups -OCH3 is 2. The predicted octanol–water partition coefficient (Wildman–Crippen LogP) is 3.19. The number of aromatic nitrogens is 1. The SMILES string of the molecule is COc1cc(OC)cc(C(=O)Nc2nc(C(=O)NCCC(C)C)cs2)c1. The zero-order valence-electron chi connectivity index (χ0n) is 15.3. The van der Waals surface area contributed by atoms with Crippen molar-refractivity contribution in [1.29, 1.82) is 0 Å². The molecule has 0 radical (unpaired) electrons. The van der Waals surface area contributed by atoms with Crippen LogP contribution in [0.3, 0.4) is 0 Å². The Hall–Kier alpha value is -2.61. The molecule has 0 aliphatic carbocycles. The van der Waals surface area contributed by atoms with Gasteiger partial charge in [-0.2, -0.15) is 0 Å². The van der Waals surface area contributed by atoms with Gasteiger partial charge in [-0.25, -0.2) is 4.98 Å². The van der Waals surface area contributed by atoms with E-state index in [4.69, 9.17) is 9.47 Å². The first kappa shape index (κ1) is 19.7. The molecule has 2 rings (SSSR count). The molecule has 1 aromatic carbocycles. The minimum atomic E-state index is -0.358. The number of ether oxygens (including phenoxy) is 2. The molecular formula is C18H23N3O4S. The summed E-state index contributed by atoms with van der Waals surface area (Å²) in [5.74, 6) is 0.937. The molecule has 2 aromatic rings. The largest absolute Gasteiger partial charge is 0.497 e. The Labute approximate surface area is 156 Å². The Bertz CT molecular complexity index is 751. The first-order chi connectivity index (χ1) is 12.4. The number of carbonyl (C=O) groups is 2. The summed E-state index contributed by atoms with van der Waals surface area (Å²) in [5.41, 5.74) is 0.664. The molecule has 0 spiro atoms. The minimum absolute atomic E-state index is 0.245. The van der Waals surface area contributed by atoms with Crippen LogP contribution in [-0.2, 0) is 0 Å². The highest BCUT2D eigenvalue weighted by atomic mass is 32.1. The average molecular weight is 377 g/mol. The molecule has 0 unspecified atom stereocenters. The average Bonchev–Trinajstić information content (AvgIpc) is 3.09. The number of anilines is 1. The standard InChI is InChI=1S/C18H23N3O4S/c1-11(2)5-6-19-17(23)15-10-26-18(20-15)21-16(22)12-7-13(24-3)9-14(8-12)25-4/h7-11H,5-6H2,1-4H3,(H,19,23)(H,20,21,22). The van der Waals surface area contributed by atoms with Crippen LogP contribution >= 0.6 is 11.3 Å². The van der Waals surface area contributed by atoms with E-state index in [0.717, 1.165) is 6.42 Å². The van der Waals surface area contributed by atoms with Crippen molar-refractivity contribution in [1.82, 2.24) is 10.3 Å². The van der Waals surface area contributed by atoms with Crippen molar-refractivity contribution >= 4 is 28.3 Å². The van der Waals surface area contributed by atoms with Crippen LogP contribution in [0.15, 0.2) is 23.6 Å². The molecule has 0 aliphatic heterocycles. The molecular weight excluding hydrogens is 354 g/mol. The normalized spacial score (nSPS) is 10.5. The molecule has 0 saturated carbocycles. The Morgan fingerprint density at radius 2 is 1.77 bits per heavy atom. The highest BCUT2D eigenvalue weighted by molar-refractivity contribution is 7.14. The lowest BCUT2D eigenvalue weighted by molar-refractivity contribution is 0.0946. The van der Waals surface area contributed by atoms with Crippen molar-refractivity contribution in [2.75, 3.05) is 26.1 Å². The lowest BCUT2D eigenvalue weighted by Gasteiger charge is -2.08. The number of nitrogens with one attached hydrogen (secondary N) is 2. The summed E-state index contributed by atoms with van der Waals surface area (Å²) in [4.78, 5) is 28.6. The molecule has 8 heteroatoms. The molecule has 0 atom stereocenters. The van der Waals surface area contributed by atoms with Crippen LogP contribution in [0.2, 0.25) is 0 Å². The van der Waals surface area contributed by atoms with E-state index in [9.17, 15) is 9.59 Å². The van der Waals surface area contributed by atoms with Crippen LogP contribution in [0.5, 0.6) is 11.5 Å². The third-order valence-electron chi connectivity index (χ3n) is 3.58. The van der Waals surface area contributed by atoms with Crippen LogP contribution in [0.25, 0.3) is 0 Å². The van der Waals surface area contributed by atoms with Gasteiger partial charge in [0.1, 0.15) is 17.2 Å². The second-order valence-corrected chi connectivity index (χ2v) is 6.89. The number of thiazole rings is 1. The van der Waals surface area contributed by atoms with Gasteiger partial charge in [-0.1, -0.05) is 13.8 Å². The van der Waals surface area contributed by atoms with E-state index in [0.29, 0.717) is 34.7 Å². The maximum absolute atomic E-state index is 12.4. The lowest BCUT2D eigenvalue weighted by atomic mass is 10.1. The van der Waals surface area contributed by atoms with Gasteiger partial charge in [-0.3, -0.25) is 14.9 Å². The molecule has 1 aromatic heterocycles. The van der Waals surface area contributed by atoms with Crippen molar-refractivity contribution < 1.29 is 19.1 Å². The van der Waals surface area contributed by atoms with E-state index in [-0.39, 0.29) is 17.5 Å². The molecule has 1 heterocycles.